The number of methoxy groups -OCH3 is 1. The number of anilines is 1. The minimum Gasteiger partial charge on any atom is -0.496 e. The van der Waals surface area contributed by atoms with Crippen molar-refractivity contribution < 1.29 is 9.13 Å². The summed E-state index contributed by atoms with van der Waals surface area (Å²) in [4.78, 5) is 0. The van der Waals surface area contributed by atoms with E-state index in [9.17, 15) is 4.39 Å². The first-order chi connectivity index (χ1) is 9.11. The Morgan fingerprint density at radius 3 is 2.79 bits per heavy atom. The lowest BCUT2D eigenvalue weighted by Gasteiger charge is -2.10. The number of benzene rings is 2. The molecule has 1 N–H and O–H groups in total. The molecule has 0 aliphatic rings. The Balaban J connectivity index is 2.10. The zero-order valence-electron chi connectivity index (χ0n) is 10.2. The minimum atomic E-state index is -0.434. The lowest BCUT2D eigenvalue weighted by Crippen LogP contribution is -2.02. The highest BCUT2D eigenvalue weighted by Gasteiger charge is 2.06. The van der Waals surface area contributed by atoms with E-state index in [4.69, 9.17) is 16.3 Å². The van der Waals surface area contributed by atoms with E-state index in [2.05, 4.69) is 21.2 Å². The van der Waals surface area contributed by atoms with Crippen LogP contribution in [-0.2, 0) is 6.54 Å². The zero-order valence-corrected chi connectivity index (χ0v) is 12.6. The number of halogens is 3. The van der Waals surface area contributed by atoms with E-state index in [1.165, 1.54) is 6.07 Å². The second-order valence-corrected chi connectivity index (χ2v) is 5.19. The van der Waals surface area contributed by atoms with E-state index in [-0.39, 0.29) is 5.02 Å². The van der Waals surface area contributed by atoms with Crippen LogP contribution in [0.15, 0.2) is 40.9 Å². The molecule has 2 aromatic carbocycles. The Kier molecular flexibility index (Phi) is 4.66. The van der Waals surface area contributed by atoms with Crippen LogP contribution in [-0.4, -0.2) is 7.11 Å². The molecule has 0 amide bonds. The summed E-state index contributed by atoms with van der Waals surface area (Å²) in [7, 11) is 1.61. The second-order valence-electron chi connectivity index (χ2n) is 3.92. The van der Waals surface area contributed by atoms with Gasteiger partial charge in [0, 0.05) is 6.54 Å². The van der Waals surface area contributed by atoms with Crippen molar-refractivity contribution >= 4 is 33.2 Å². The summed E-state index contributed by atoms with van der Waals surface area (Å²) >= 11 is 9.13. The topological polar surface area (TPSA) is 21.3 Å². The van der Waals surface area contributed by atoms with Crippen LogP contribution in [0, 0.1) is 5.82 Å². The van der Waals surface area contributed by atoms with Crippen molar-refractivity contribution in [1.82, 2.24) is 0 Å². The molecule has 2 aromatic rings. The van der Waals surface area contributed by atoms with Gasteiger partial charge in [0.25, 0.3) is 0 Å². The molecule has 5 heteroatoms. The molecule has 2 rings (SSSR count). The van der Waals surface area contributed by atoms with Gasteiger partial charge in [-0.25, -0.2) is 4.39 Å². The van der Waals surface area contributed by atoms with Gasteiger partial charge in [0.15, 0.2) is 5.82 Å². The van der Waals surface area contributed by atoms with Crippen LogP contribution in [0.3, 0.4) is 0 Å². The molecule has 0 saturated heterocycles. The highest BCUT2D eigenvalue weighted by molar-refractivity contribution is 9.10. The monoisotopic (exact) mass is 343 g/mol. The maximum Gasteiger partial charge on any atom is 0.164 e. The fourth-order valence-electron chi connectivity index (χ4n) is 1.66. The molecular formula is C14H12BrClFNO. The average Bonchev–Trinajstić information content (AvgIpc) is 2.40. The quantitative estimate of drug-likeness (QED) is 0.855. The predicted molar refractivity (Wildman–Crippen MR) is 79.4 cm³/mol. The lowest BCUT2D eigenvalue weighted by molar-refractivity contribution is 0.412. The average molecular weight is 345 g/mol. The largest absolute Gasteiger partial charge is 0.496 e. The Bertz CT molecular complexity index is 592. The smallest absolute Gasteiger partial charge is 0.164 e. The van der Waals surface area contributed by atoms with Gasteiger partial charge in [0.2, 0.25) is 0 Å². The molecule has 0 unspecified atom stereocenters. The van der Waals surface area contributed by atoms with Gasteiger partial charge in [0.05, 0.1) is 22.3 Å². The summed E-state index contributed by atoms with van der Waals surface area (Å²) in [6.07, 6.45) is 0. The molecule has 0 aliphatic heterocycles. The van der Waals surface area contributed by atoms with Gasteiger partial charge in [-0.2, -0.15) is 0 Å². The molecule has 0 fully saturated rings. The predicted octanol–water partition coefficient (Wildman–Crippen LogP) is 4.86. The van der Waals surface area contributed by atoms with Crippen molar-refractivity contribution in [2.45, 2.75) is 6.54 Å². The van der Waals surface area contributed by atoms with Gasteiger partial charge in [-0.1, -0.05) is 23.7 Å². The summed E-state index contributed by atoms with van der Waals surface area (Å²) in [6.45, 7) is 0.500. The number of rotatable bonds is 4. The lowest BCUT2D eigenvalue weighted by atomic mass is 10.2. The molecule has 0 atom stereocenters. The van der Waals surface area contributed by atoms with Crippen molar-refractivity contribution in [2.24, 2.45) is 0 Å². The van der Waals surface area contributed by atoms with Gasteiger partial charge in [0.1, 0.15) is 5.75 Å². The van der Waals surface area contributed by atoms with Crippen molar-refractivity contribution in [1.29, 1.82) is 0 Å². The Hall–Kier alpha value is -1.26. The Morgan fingerprint density at radius 1 is 1.32 bits per heavy atom. The first-order valence-corrected chi connectivity index (χ1v) is 6.79. The van der Waals surface area contributed by atoms with E-state index in [0.717, 1.165) is 15.8 Å². The summed E-state index contributed by atoms with van der Waals surface area (Å²) in [5.41, 5.74) is 1.39. The first kappa shape index (κ1) is 14.2. The Labute approximate surface area is 124 Å². The number of hydrogen-bond donors (Lipinski definition) is 1. The van der Waals surface area contributed by atoms with E-state index < -0.39 is 5.82 Å². The fraction of sp³-hybridized carbons (Fsp3) is 0.143. The standard InChI is InChI=1S/C14H12BrClFNO/c1-19-13-6-5-9(7-10(13)15)8-18-12-4-2-3-11(16)14(12)17/h2-7,18H,8H2,1H3. The highest BCUT2D eigenvalue weighted by atomic mass is 79.9. The number of nitrogens with one attached hydrogen (secondary N) is 1. The van der Waals surface area contributed by atoms with E-state index >= 15 is 0 Å². The van der Waals surface area contributed by atoms with Crippen LogP contribution >= 0.6 is 27.5 Å². The van der Waals surface area contributed by atoms with Gasteiger partial charge in [-0.05, 0) is 45.8 Å². The SMILES string of the molecule is COc1ccc(CNc2cccc(Cl)c2F)cc1Br. The second kappa shape index (κ2) is 6.26. The van der Waals surface area contributed by atoms with Gasteiger partial charge < -0.3 is 10.1 Å². The van der Waals surface area contributed by atoms with Crippen molar-refractivity contribution in [3.8, 4) is 5.75 Å². The van der Waals surface area contributed by atoms with Crippen molar-refractivity contribution in [3.05, 3.63) is 57.3 Å². The van der Waals surface area contributed by atoms with Crippen LogP contribution in [0.1, 0.15) is 5.56 Å². The molecule has 0 spiro atoms. The van der Waals surface area contributed by atoms with Crippen molar-refractivity contribution in [2.75, 3.05) is 12.4 Å². The fourth-order valence-corrected chi connectivity index (χ4v) is 2.42. The summed E-state index contributed by atoms with van der Waals surface area (Å²) in [5.74, 6) is 0.328. The highest BCUT2D eigenvalue weighted by Crippen LogP contribution is 2.27. The molecule has 2 nitrogen and oxygen atoms in total. The van der Waals surface area contributed by atoms with Crippen molar-refractivity contribution in [3.63, 3.8) is 0 Å². The van der Waals surface area contributed by atoms with E-state index in [0.29, 0.717) is 12.2 Å². The summed E-state index contributed by atoms with van der Waals surface area (Å²) in [5, 5.41) is 3.13. The molecule has 0 radical (unpaired) electrons. The molecule has 0 aliphatic carbocycles. The van der Waals surface area contributed by atoms with Gasteiger partial charge in [-0.3, -0.25) is 0 Å². The molecule has 0 saturated carbocycles. The third kappa shape index (κ3) is 3.39. The first-order valence-electron chi connectivity index (χ1n) is 5.62. The van der Waals surface area contributed by atoms with Gasteiger partial charge >= 0.3 is 0 Å². The van der Waals surface area contributed by atoms with E-state index in [1.54, 1.807) is 19.2 Å². The molecule has 19 heavy (non-hydrogen) atoms. The van der Waals surface area contributed by atoms with Crippen LogP contribution in [0.25, 0.3) is 0 Å². The van der Waals surface area contributed by atoms with Gasteiger partial charge in [-0.15, -0.1) is 0 Å². The molecule has 0 heterocycles. The third-order valence-corrected chi connectivity index (χ3v) is 3.56. The summed E-state index contributed by atoms with van der Waals surface area (Å²) in [6, 6.07) is 10.6. The maximum atomic E-state index is 13.7. The normalized spacial score (nSPS) is 10.3. The molecular weight excluding hydrogens is 333 g/mol. The molecule has 0 aromatic heterocycles. The number of hydrogen-bond acceptors (Lipinski definition) is 2. The third-order valence-electron chi connectivity index (χ3n) is 2.65. The van der Waals surface area contributed by atoms with Crippen LogP contribution in [0.4, 0.5) is 10.1 Å². The summed E-state index contributed by atoms with van der Waals surface area (Å²) < 4.78 is 19.7. The van der Waals surface area contributed by atoms with Crippen LogP contribution < -0.4 is 10.1 Å². The maximum absolute atomic E-state index is 13.7. The molecule has 0 bridgehead atoms. The van der Waals surface area contributed by atoms with E-state index in [1.807, 2.05) is 18.2 Å². The number of ether oxygens (including phenoxy) is 1. The minimum absolute atomic E-state index is 0.112. The molecule has 100 valence electrons. The van der Waals surface area contributed by atoms with Crippen LogP contribution in [0.5, 0.6) is 5.75 Å². The van der Waals surface area contributed by atoms with Crippen LogP contribution in [0.2, 0.25) is 5.02 Å². The Morgan fingerprint density at radius 2 is 2.11 bits per heavy atom. The zero-order chi connectivity index (χ0) is 13.8.